The Balaban J connectivity index is 4.64. The van der Waals surface area contributed by atoms with Crippen LogP contribution >= 0.6 is 0 Å². The van der Waals surface area contributed by atoms with E-state index in [1.165, 1.54) is 13.8 Å². The molecule has 0 rings (SSSR count). The fraction of sp³-hybridized carbons (Fsp3) is 0.818. The Kier molecular flexibility index (Phi) is 5.85. The highest BCUT2D eigenvalue weighted by molar-refractivity contribution is 6.00. The normalized spacial score (nSPS) is 12.9. The fourth-order valence-electron chi connectivity index (χ4n) is 1.67. The largest absolute Gasteiger partial charge is 0.299 e. The summed E-state index contributed by atoms with van der Waals surface area (Å²) in [4.78, 5) is 32.6. The Bertz CT molecular complexity index is 272. The zero-order chi connectivity index (χ0) is 12.9. The predicted molar refractivity (Wildman–Crippen MR) is 59.7 cm³/mol. The van der Waals surface area contributed by atoms with Crippen LogP contribution in [-0.4, -0.2) is 23.0 Å². The Hall–Kier alpha value is -1.26. The lowest BCUT2D eigenvalue weighted by molar-refractivity contribution is -0.490. The van der Waals surface area contributed by atoms with Gasteiger partial charge in [0.25, 0.3) is 0 Å². The van der Waals surface area contributed by atoms with E-state index < -0.39 is 5.92 Å². The second kappa shape index (κ2) is 6.35. The smallest absolute Gasteiger partial charge is 0.206 e. The molecule has 0 amide bonds. The topological polar surface area (TPSA) is 77.3 Å². The summed E-state index contributed by atoms with van der Waals surface area (Å²) in [6.45, 7) is 6.26. The van der Waals surface area contributed by atoms with Crippen LogP contribution in [-0.2, 0) is 9.59 Å². The summed E-state index contributed by atoms with van der Waals surface area (Å²) in [6.07, 6.45) is 0.281. The molecule has 5 nitrogen and oxygen atoms in total. The SMILES string of the molecule is CC(=O)C(CC(C[N+](=O)[O-])C(C)C)C(C)=O. The van der Waals surface area contributed by atoms with Crippen molar-refractivity contribution in [3.63, 3.8) is 0 Å². The molecule has 0 radical (unpaired) electrons. The van der Waals surface area contributed by atoms with Crippen LogP contribution < -0.4 is 0 Å². The van der Waals surface area contributed by atoms with Crippen LogP contribution in [0.1, 0.15) is 34.1 Å². The first-order valence-corrected chi connectivity index (χ1v) is 5.38. The average molecular weight is 229 g/mol. The van der Waals surface area contributed by atoms with Gasteiger partial charge in [-0.3, -0.25) is 19.7 Å². The zero-order valence-electron chi connectivity index (χ0n) is 10.2. The molecule has 5 heteroatoms. The van der Waals surface area contributed by atoms with Crippen molar-refractivity contribution in [1.29, 1.82) is 0 Å². The first-order valence-electron chi connectivity index (χ1n) is 5.38. The van der Waals surface area contributed by atoms with Gasteiger partial charge in [0.2, 0.25) is 6.54 Å². The minimum absolute atomic E-state index is 0.0894. The molecule has 1 unspecified atom stereocenters. The molecule has 0 heterocycles. The minimum Gasteiger partial charge on any atom is -0.299 e. The molecule has 92 valence electrons. The number of hydrogen-bond donors (Lipinski definition) is 0. The van der Waals surface area contributed by atoms with Crippen molar-refractivity contribution in [2.75, 3.05) is 6.54 Å². The maximum absolute atomic E-state index is 11.2. The molecule has 0 N–H and O–H groups in total. The van der Waals surface area contributed by atoms with Crippen LogP contribution in [0.5, 0.6) is 0 Å². The van der Waals surface area contributed by atoms with Crippen molar-refractivity contribution < 1.29 is 14.5 Å². The van der Waals surface area contributed by atoms with Crippen molar-refractivity contribution in [3.05, 3.63) is 10.1 Å². The van der Waals surface area contributed by atoms with E-state index in [1.54, 1.807) is 0 Å². The standard InChI is InChI=1S/C11H19NO4/c1-7(2)10(6-12(15)16)5-11(8(3)13)9(4)14/h7,10-11H,5-6H2,1-4H3. The van der Waals surface area contributed by atoms with E-state index in [0.717, 1.165) is 0 Å². The monoisotopic (exact) mass is 229 g/mol. The van der Waals surface area contributed by atoms with Crippen LogP contribution in [0.3, 0.4) is 0 Å². The minimum atomic E-state index is -0.688. The van der Waals surface area contributed by atoms with E-state index in [1.807, 2.05) is 13.8 Å². The quantitative estimate of drug-likeness (QED) is 0.378. The van der Waals surface area contributed by atoms with Crippen LogP contribution in [0.4, 0.5) is 0 Å². The van der Waals surface area contributed by atoms with Gasteiger partial charge in [0.15, 0.2) is 0 Å². The van der Waals surface area contributed by atoms with Crippen molar-refractivity contribution >= 4 is 11.6 Å². The molecular formula is C11H19NO4. The molecule has 1 atom stereocenters. The number of nitrogens with zero attached hydrogens (tertiary/aromatic N) is 1. The van der Waals surface area contributed by atoms with E-state index in [2.05, 4.69) is 0 Å². The van der Waals surface area contributed by atoms with Crippen molar-refractivity contribution in [3.8, 4) is 0 Å². The third kappa shape index (κ3) is 5.00. The highest BCUT2D eigenvalue weighted by Crippen LogP contribution is 2.22. The summed E-state index contributed by atoms with van der Waals surface area (Å²) in [6, 6.07) is 0. The van der Waals surface area contributed by atoms with Gasteiger partial charge in [0, 0.05) is 10.8 Å². The molecule has 0 aromatic rings. The molecule has 0 aliphatic rings. The lowest BCUT2D eigenvalue weighted by Gasteiger charge is -2.20. The van der Waals surface area contributed by atoms with Crippen LogP contribution in [0.2, 0.25) is 0 Å². The molecule has 0 aliphatic heterocycles. The first-order chi connectivity index (χ1) is 7.25. The molecule has 0 spiro atoms. The molecule has 0 bridgehead atoms. The van der Waals surface area contributed by atoms with Gasteiger partial charge in [-0.15, -0.1) is 0 Å². The van der Waals surface area contributed by atoms with E-state index in [9.17, 15) is 19.7 Å². The van der Waals surface area contributed by atoms with E-state index in [0.29, 0.717) is 0 Å². The van der Waals surface area contributed by atoms with E-state index in [4.69, 9.17) is 0 Å². The van der Waals surface area contributed by atoms with Crippen molar-refractivity contribution in [2.24, 2.45) is 17.8 Å². The van der Waals surface area contributed by atoms with Crippen LogP contribution in [0.15, 0.2) is 0 Å². The van der Waals surface area contributed by atoms with Gasteiger partial charge in [-0.2, -0.15) is 0 Å². The zero-order valence-corrected chi connectivity index (χ0v) is 10.2. The first kappa shape index (κ1) is 14.7. The van der Waals surface area contributed by atoms with Gasteiger partial charge >= 0.3 is 0 Å². The summed E-state index contributed by atoms with van der Waals surface area (Å²) < 4.78 is 0. The second-order valence-corrected chi connectivity index (χ2v) is 4.53. The summed E-state index contributed by atoms with van der Waals surface area (Å²) in [5.41, 5.74) is 0. The summed E-state index contributed by atoms with van der Waals surface area (Å²) in [5, 5.41) is 10.5. The fourth-order valence-corrected chi connectivity index (χ4v) is 1.67. The Morgan fingerprint density at radius 2 is 1.62 bits per heavy atom. The summed E-state index contributed by atoms with van der Waals surface area (Å²) >= 11 is 0. The molecule has 0 aromatic carbocycles. The van der Waals surface area contributed by atoms with Crippen LogP contribution in [0, 0.1) is 27.9 Å². The molecule has 0 fully saturated rings. The van der Waals surface area contributed by atoms with Crippen LogP contribution in [0.25, 0.3) is 0 Å². The van der Waals surface area contributed by atoms with Gasteiger partial charge in [-0.25, -0.2) is 0 Å². The number of carbonyl (C=O) groups is 2. The van der Waals surface area contributed by atoms with Gasteiger partial charge < -0.3 is 0 Å². The van der Waals surface area contributed by atoms with Gasteiger partial charge in [0.05, 0.1) is 5.92 Å². The van der Waals surface area contributed by atoms with Gasteiger partial charge in [-0.1, -0.05) is 13.8 Å². The molecule has 16 heavy (non-hydrogen) atoms. The average Bonchev–Trinajstić information content (AvgIpc) is 2.09. The van der Waals surface area contributed by atoms with E-state index >= 15 is 0 Å². The number of hydrogen-bond acceptors (Lipinski definition) is 4. The summed E-state index contributed by atoms with van der Waals surface area (Å²) in [7, 11) is 0. The Morgan fingerprint density at radius 3 is 1.88 bits per heavy atom. The number of Topliss-reactive ketones (excluding diaryl/α,β-unsaturated/α-hetero) is 2. The number of carbonyl (C=O) groups excluding carboxylic acids is 2. The molecular weight excluding hydrogens is 210 g/mol. The number of nitro groups is 1. The van der Waals surface area contributed by atoms with Crippen molar-refractivity contribution in [2.45, 2.75) is 34.1 Å². The summed E-state index contributed by atoms with van der Waals surface area (Å²) in [5.74, 6) is -1.24. The number of ketones is 2. The molecule has 0 aromatic heterocycles. The van der Waals surface area contributed by atoms with Gasteiger partial charge in [0.1, 0.15) is 11.6 Å². The highest BCUT2D eigenvalue weighted by Gasteiger charge is 2.28. The molecule has 0 saturated carbocycles. The van der Waals surface area contributed by atoms with Gasteiger partial charge in [-0.05, 0) is 26.2 Å². The Morgan fingerprint density at radius 1 is 1.19 bits per heavy atom. The Labute approximate surface area is 95.4 Å². The highest BCUT2D eigenvalue weighted by atomic mass is 16.6. The second-order valence-electron chi connectivity index (χ2n) is 4.53. The maximum atomic E-state index is 11.2. The predicted octanol–water partition coefficient (Wildman–Crippen LogP) is 1.72. The lowest BCUT2D eigenvalue weighted by atomic mass is 9.83. The maximum Gasteiger partial charge on any atom is 0.206 e. The third-order valence-electron chi connectivity index (χ3n) is 2.85. The molecule has 0 saturated heterocycles. The molecule has 0 aliphatic carbocycles. The third-order valence-corrected chi connectivity index (χ3v) is 2.85. The van der Waals surface area contributed by atoms with E-state index in [-0.39, 0.29) is 41.3 Å². The lowest BCUT2D eigenvalue weighted by Crippen LogP contribution is -2.28. The van der Waals surface area contributed by atoms with Crippen molar-refractivity contribution in [1.82, 2.24) is 0 Å². The number of rotatable bonds is 7.